The van der Waals surface area contributed by atoms with Gasteiger partial charge in [-0.2, -0.15) is 0 Å². The van der Waals surface area contributed by atoms with Crippen molar-refractivity contribution < 1.29 is 9.59 Å². The lowest BCUT2D eigenvalue weighted by atomic mass is 10.1. The molecule has 2 aromatic carbocycles. The van der Waals surface area contributed by atoms with Crippen LogP contribution in [-0.4, -0.2) is 59.6 Å². The number of hydrogen-bond donors (Lipinski definition) is 2. The number of hydrogen-bond acceptors (Lipinski definition) is 5. The first kappa shape index (κ1) is 23.1. The number of nitrogens with zero attached hydrogens (tertiary/aromatic N) is 2. The molecule has 32 heavy (non-hydrogen) atoms. The summed E-state index contributed by atoms with van der Waals surface area (Å²) in [6.07, 6.45) is 0.139. The molecule has 8 heteroatoms. The van der Waals surface area contributed by atoms with E-state index >= 15 is 0 Å². The molecule has 2 aromatic rings. The molecular formula is C24H29ClN4O2S. The number of thioether (sulfide) groups is 1. The van der Waals surface area contributed by atoms with Gasteiger partial charge in [0.1, 0.15) is 0 Å². The highest BCUT2D eigenvalue weighted by molar-refractivity contribution is 8.01. The summed E-state index contributed by atoms with van der Waals surface area (Å²) in [4.78, 5) is 30.7. The highest BCUT2D eigenvalue weighted by atomic mass is 35.5. The van der Waals surface area contributed by atoms with Crippen LogP contribution in [0.5, 0.6) is 0 Å². The summed E-state index contributed by atoms with van der Waals surface area (Å²) in [5.74, 6) is -0.294. The minimum absolute atomic E-state index is 0.132. The molecular weight excluding hydrogens is 444 g/mol. The Hall–Kier alpha value is -2.06. The van der Waals surface area contributed by atoms with E-state index in [1.165, 1.54) is 17.3 Å². The average molecular weight is 473 g/mol. The Morgan fingerprint density at radius 3 is 2.50 bits per heavy atom. The van der Waals surface area contributed by atoms with E-state index < -0.39 is 5.25 Å². The second-order valence-corrected chi connectivity index (χ2v) is 9.92. The monoisotopic (exact) mass is 472 g/mol. The predicted octanol–water partition coefficient (Wildman–Crippen LogP) is 3.60. The van der Waals surface area contributed by atoms with Crippen LogP contribution in [0.15, 0.2) is 47.4 Å². The second-order valence-electron chi connectivity index (χ2n) is 8.24. The zero-order chi connectivity index (χ0) is 22.5. The maximum atomic E-state index is 12.4. The molecule has 2 amide bonds. The summed E-state index contributed by atoms with van der Waals surface area (Å²) in [6, 6.07) is 13.8. The molecule has 1 unspecified atom stereocenters. The number of carbonyl (C=O) groups is 2. The molecule has 1 saturated heterocycles. The van der Waals surface area contributed by atoms with Crippen molar-refractivity contribution in [2.24, 2.45) is 0 Å². The fourth-order valence-corrected chi connectivity index (χ4v) is 5.25. The number of halogens is 1. The predicted molar refractivity (Wildman–Crippen MR) is 130 cm³/mol. The molecule has 0 saturated carbocycles. The van der Waals surface area contributed by atoms with Crippen LogP contribution < -0.4 is 10.6 Å². The topological polar surface area (TPSA) is 64.7 Å². The van der Waals surface area contributed by atoms with Gasteiger partial charge in [0.2, 0.25) is 11.8 Å². The Kier molecular flexibility index (Phi) is 7.73. The summed E-state index contributed by atoms with van der Waals surface area (Å²) in [5.41, 5.74) is 3.05. The zero-order valence-corrected chi connectivity index (χ0v) is 19.8. The minimum atomic E-state index is -0.445. The van der Waals surface area contributed by atoms with Gasteiger partial charge in [-0.1, -0.05) is 42.8 Å². The van der Waals surface area contributed by atoms with Crippen molar-refractivity contribution in [3.05, 3.63) is 58.6 Å². The normalized spacial score (nSPS) is 19.3. The number of fused-ring (bicyclic) bond motifs is 1. The van der Waals surface area contributed by atoms with Gasteiger partial charge in [0, 0.05) is 55.6 Å². The van der Waals surface area contributed by atoms with Gasteiger partial charge in [-0.3, -0.25) is 14.5 Å². The maximum Gasteiger partial charge on any atom is 0.238 e. The van der Waals surface area contributed by atoms with E-state index in [-0.39, 0.29) is 18.2 Å². The third-order valence-electron chi connectivity index (χ3n) is 5.96. The number of rotatable bonds is 7. The highest BCUT2D eigenvalue weighted by Crippen LogP contribution is 2.38. The minimum Gasteiger partial charge on any atom is -0.352 e. The standard InChI is InChI=1S/C24H29ClN4O2S/c1-2-28-9-11-29(12-10-28)16-18-5-3-17(4-6-18)15-26-23(30)14-22-24(31)27-20-13-19(25)7-8-21(20)32-22/h3-8,13,22H,2,9-12,14-16H2,1H3,(H,26,30)(H,27,31). The van der Waals surface area contributed by atoms with Gasteiger partial charge in [-0.25, -0.2) is 0 Å². The Morgan fingerprint density at radius 1 is 1.09 bits per heavy atom. The number of likely N-dealkylation sites (N-methyl/N-ethyl adjacent to an activating group) is 1. The van der Waals surface area contributed by atoms with E-state index in [4.69, 9.17) is 11.6 Å². The first-order valence-electron chi connectivity index (χ1n) is 11.1. The van der Waals surface area contributed by atoms with Crippen LogP contribution in [0.4, 0.5) is 5.69 Å². The fourth-order valence-electron chi connectivity index (χ4n) is 3.98. The van der Waals surface area contributed by atoms with Crippen LogP contribution in [0.3, 0.4) is 0 Å². The number of carbonyl (C=O) groups excluding carboxylic acids is 2. The quantitative estimate of drug-likeness (QED) is 0.644. The van der Waals surface area contributed by atoms with Gasteiger partial charge >= 0.3 is 0 Å². The highest BCUT2D eigenvalue weighted by Gasteiger charge is 2.29. The molecule has 0 spiro atoms. The lowest BCUT2D eigenvalue weighted by Crippen LogP contribution is -2.45. The first-order valence-corrected chi connectivity index (χ1v) is 12.3. The van der Waals surface area contributed by atoms with E-state index in [0.717, 1.165) is 49.7 Å². The van der Waals surface area contributed by atoms with Crippen molar-refractivity contribution in [3.8, 4) is 0 Å². The third-order valence-corrected chi connectivity index (χ3v) is 7.47. The van der Waals surface area contributed by atoms with Crippen LogP contribution in [-0.2, 0) is 22.7 Å². The first-order chi connectivity index (χ1) is 15.5. The van der Waals surface area contributed by atoms with Gasteiger partial charge in [-0.05, 0) is 35.9 Å². The zero-order valence-electron chi connectivity index (χ0n) is 18.3. The van der Waals surface area contributed by atoms with E-state index in [9.17, 15) is 9.59 Å². The molecule has 2 N–H and O–H groups in total. The van der Waals surface area contributed by atoms with E-state index in [0.29, 0.717) is 17.3 Å². The number of piperazine rings is 1. The Labute approximate surface area is 198 Å². The number of benzene rings is 2. The molecule has 2 heterocycles. The van der Waals surface area contributed by atoms with E-state index in [2.05, 4.69) is 51.6 Å². The van der Waals surface area contributed by atoms with Gasteiger partial charge in [0.05, 0.1) is 10.9 Å². The lowest BCUT2D eigenvalue weighted by Gasteiger charge is -2.34. The van der Waals surface area contributed by atoms with Gasteiger partial charge in [0.25, 0.3) is 0 Å². The van der Waals surface area contributed by atoms with E-state index in [1.54, 1.807) is 12.1 Å². The lowest BCUT2D eigenvalue weighted by molar-refractivity contribution is -0.124. The SMILES string of the molecule is CCN1CCN(Cc2ccc(CNC(=O)CC3Sc4ccc(Cl)cc4NC3=O)cc2)CC1. The molecule has 0 aliphatic carbocycles. The van der Waals surface area contributed by atoms with Crippen LogP contribution in [0, 0.1) is 0 Å². The molecule has 2 aliphatic rings. The molecule has 4 rings (SSSR count). The van der Waals surface area contributed by atoms with E-state index in [1.807, 2.05) is 6.07 Å². The molecule has 6 nitrogen and oxygen atoms in total. The molecule has 0 bridgehead atoms. The molecule has 170 valence electrons. The van der Waals surface area contributed by atoms with Crippen molar-refractivity contribution in [1.82, 2.24) is 15.1 Å². The molecule has 2 aliphatic heterocycles. The summed E-state index contributed by atoms with van der Waals surface area (Å²) < 4.78 is 0. The Morgan fingerprint density at radius 2 is 1.78 bits per heavy atom. The maximum absolute atomic E-state index is 12.4. The molecule has 1 fully saturated rings. The Bertz CT molecular complexity index is 961. The number of anilines is 1. The van der Waals surface area contributed by atoms with Crippen LogP contribution in [0.25, 0.3) is 0 Å². The summed E-state index contributed by atoms with van der Waals surface area (Å²) in [5, 5.41) is 5.92. The van der Waals surface area contributed by atoms with Crippen molar-refractivity contribution in [2.45, 2.75) is 36.6 Å². The largest absolute Gasteiger partial charge is 0.352 e. The Balaban J connectivity index is 1.23. The molecule has 0 radical (unpaired) electrons. The number of amides is 2. The number of nitrogens with one attached hydrogen (secondary N) is 2. The third kappa shape index (κ3) is 6.04. The van der Waals surface area contributed by atoms with Crippen molar-refractivity contribution in [1.29, 1.82) is 0 Å². The second kappa shape index (κ2) is 10.7. The average Bonchev–Trinajstić information content (AvgIpc) is 2.80. The smallest absolute Gasteiger partial charge is 0.238 e. The summed E-state index contributed by atoms with van der Waals surface area (Å²) >= 11 is 7.39. The van der Waals surface area contributed by atoms with Crippen LogP contribution in [0.2, 0.25) is 5.02 Å². The van der Waals surface area contributed by atoms with Gasteiger partial charge < -0.3 is 15.5 Å². The summed E-state index contributed by atoms with van der Waals surface area (Å²) in [6.45, 7) is 9.25. The molecule has 0 aromatic heterocycles. The van der Waals surface area contributed by atoms with Crippen LogP contribution in [0.1, 0.15) is 24.5 Å². The van der Waals surface area contributed by atoms with Crippen molar-refractivity contribution in [3.63, 3.8) is 0 Å². The van der Waals surface area contributed by atoms with Gasteiger partial charge in [0.15, 0.2) is 0 Å². The fraction of sp³-hybridized carbons (Fsp3) is 0.417. The van der Waals surface area contributed by atoms with Crippen molar-refractivity contribution in [2.75, 3.05) is 38.0 Å². The van der Waals surface area contributed by atoms with Crippen molar-refractivity contribution >= 4 is 40.9 Å². The summed E-state index contributed by atoms with van der Waals surface area (Å²) in [7, 11) is 0. The molecule has 1 atom stereocenters. The van der Waals surface area contributed by atoms with Gasteiger partial charge in [-0.15, -0.1) is 11.8 Å². The van der Waals surface area contributed by atoms with Crippen LogP contribution >= 0.6 is 23.4 Å².